The van der Waals surface area contributed by atoms with E-state index in [1.807, 2.05) is 6.92 Å². The molecule has 13 heteroatoms. The standard InChI is InChI=1S/C21H16F5N5O2S/c1-2-34-15-9-13(33-16-5-3-4-6-27-16)10-29-17(15)18-30-11-14-19(28-7-8-31(14)18)32-12-20(22,23)21(24,25)26/h3-11H,2,12H2,1H3. The van der Waals surface area contributed by atoms with Crippen molar-refractivity contribution in [3.63, 3.8) is 0 Å². The number of ether oxygens (including phenoxy) is 2. The predicted molar refractivity (Wildman–Crippen MR) is 113 cm³/mol. The Balaban J connectivity index is 1.66. The van der Waals surface area contributed by atoms with Gasteiger partial charge in [0.15, 0.2) is 12.4 Å². The SMILES string of the molecule is CCSc1cc(Oc2ccccn2)cnc1-c1ncc2c(OCC(F)(F)C(F)(F)F)nccn12. The third kappa shape index (κ3) is 4.88. The molecule has 0 radical (unpaired) electrons. The molecule has 4 aromatic heterocycles. The summed E-state index contributed by atoms with van der Waals surface area (Å²) in [6, 6.07) is 6.99. The molecule has 4 aromatic rings. The van der Waals surface area contributed by atoms with Crippen LogP contribution in [0.25, 0.3) is 17.0 Å². The highest BCUT2D eigenvalue weighted by Crippen LogP contribution is 2.37. The minimum atomic E-state index is -5.74. The van der Waals surface area contributed by atoms with Crippen LogP contribution < -0.4 is 9.47 Å². The molecule has 0 saturated carbocycles. The summed E-state index contributed by atoms with van der Waals surface area (Å²) in [5, 5.41) is 0. The van der Waals surface area contributed by atoms with Gasteiger partial charge in [-0.25, -0.2) is 19.9 Å². The van der Waals surface area contributed by atoms with Gasteiger partial charge in [0.1, 0.15) is 17.0 Å². The maximum Gasteiger partial charge on any atom is 0.456 e. The van der Waals surface area contributed by atoms with Crippen molar-refractivity contribution in [2.75, 3.05) is 12.4 Å². The lowest BCUT2D eigenvalue weighted by Crippen LogP contribution is -2.41. The number of nitrogens with zero attached hydrogens (tertiary/aromatic N) is 5. The molecule has 0 bridgehead atoms. The molecule has 0 aromatic carbocycles. The molecule has 4 heterocycles. The summed E-state index contributed by atoms with van der Waals surface area (Å²) in [5.41, 5.74) is 0.566. The fraction of sp³-hybridized carbons (Fsp3) is 0.238. The van der Waals surface area contributed by atoms with Crippen LogP contribution in [0.15, 0.2) is 60.1 Å². The fourth-order valence-electron chi connectivity index (χ4n) is 2.88. The van der Waals surface area contributed by atoms with E-state index in [9.17, 15) is 22.0 Å². The molecular weight excluding hydrogens is 481 g/mol. The van der Waals surface area contributed by atoms with Crippen molar-refractivity contribution in [3.8, 4) is 29.0 Å². The first kappa shape index (κ1) is 23.7. The van der Waals surface area contributed by atoms with Crippen LogP contribution in [-0.2, 0) is 0 Å². The van der Waals surface area contributed by atoms with Crippen LogP contribution in [-0.4, -0.2) is 48.8 Å². The number of rotatable bonds is 8. The third-order valence-electron chi connectivity index (χ3n) is 4.43. The zero-order valence-electron chi connectivity index (χ0n) is 17.5. The Morgan fingerprint density at radius 2 is 1.82 bits per heavy atom. The van der Waals surface area contributed by atoms with E-state index in [4.69, 9.17) is 9.47 Å². The first-order valence-electron chi connectivity index (χ1n) is 9.81. The summed E-state index contributed by atoms with van der Waals surface area (Å²) < 4.78 is 75.9. The summed E-state index contributed by atoms with van der Waals surface area (Å²) >= 11 is 1.47. The van der Waals surface area contributed by atoms with Crippen molar-refractivity contribution >= 4 is 17.3 Å². The molecule has 34 heavy (non-hydrogen) atoms. The van der Waals surface area contributed by atoms with Crippen LogP contribution in [0.5, 0.6) is 17.5 Å². The van der Waals surface area contributed by atoms with Gasteiger partial charge in [-0.1, -0.05) is 13.0 Å². The number of pyridine rings is 2. The topological polar surface area (TPSA) is 74.4 Å². The van der Waals surface area contributed by atoms with E-state index in [2.05, 4.69) is 19.9 Å². The molecule has 0 fully saturated rings. The molecule has 0 amide bonds. The Bertz CT molecular complexity index is 1280. The molecule has 0 unspecified atom stereocenters. The molecule has 7 nitrogen and oxygen atoms in total. The van der Waals surface area contributed by atoms with E-state index in [0.29, 0.717) is 33.8 Å². The Labute approximate surface area is 194 Å². The summed E-state index contributed by atoms with van der Waals surface area (Å²) in [4.78, 5) is 17.3. The maximum absolute atomic E-state index is 13.3. The Hall–Kier alpha value is -3.48. The van der Waals surface area contributed by atoms with Crippen molar-refractivity contribution in [1.82, 2.24) is 24.3 Å². The zero-order valence-corrected chi connectivity index (χ0v) is 18.3. The lowest BCUT2D eigenvalue weighted by Gasteiger charge is -2.19. The number of hydrogen-bond donors (Lipinski definition) is 0. The average Bonchev–Trinajstić information content (AvgIpc) is 3.23. The predicted octanol–water partition coefficient (Wildman–Crippen LogP) is 5.67. The van der Waals surface area contributed by atoms with Crippen molar-refractivity contribution in [3.05, 3.63) is 55.2 Å². The summed E-state index contributed by atoms with van der Waals surface area (Å²) in [5.74, 6) is -3.58. The molecule has 0 saturated heterocycles. The fourth-order valence-corrected chi connectivity index (χ4v) is 3.67. The number of thioether (sulfide) groups is 1. The average molecular weight is 497 g/mol. The molecule has 0 N–H and O–H groups in total. The van der Waals surface area contributed by atoms with Crippen molar-refractivity contribution in [2.45, 2.75) is 23.9 Å². The van der Waals surface area contributed by atoms with Crippen LogP contribution in [0.2, 0.25) is 0 Å². The van der Waals surface area contributed by atoms with Gasteiger partial charge in [0, 0.05) is 29.6 Å². The zero-order chi connectivity index (χ0) is 24.3. The van der Waals surface area contributed by atoms with Crippen LogP contribution in [0, 0.1) is 0 Å². The van der Waals surface area contributed by atoms with Crippen LogP contribution in [0.1, 0.15) is 6.92 Å². The van der Waals surface area contributed by atoms with E-state index in [1.54, 1.807) is 30.5 Å². The number of fused-ring (bicyclic) bond motifs is 1. The van der Waals surface area contributed by atoms with Crippen molar-refractivity contribution in [1.29, 1.82) is 0 Å². The summed E-state index contributed by atoms with van der Waals surface area (Å²) in [6.07, 6.45) is 1.29. The quantitative estimate of drug-likeness (QED) is 0.230. The Kier molecular flexibility index (Phi) is 6.55. The molecule has 4 rings (SSSR count). The van der Waals surface area contributed by atoms with E-state index >= 15 is 0 Å². The second kappa shape index (κ2) is 9.41. The first-order valence-corrected chi connectivity index (χ1v) is 10.8. The van der Waals surface area contributed by atoms with Gasteiger partial charge in [-0.2, -0.15) is 22.0 Å². The largest absolute Gasteiger partial charge is 0.469 e. The number of alkyl halides is 5. The second-order valence-corrected chi connectivity index (χ2v) is 8.09. The molecule has 0 spiro atoms. The monoisotopic (exact) mass is 497 g/mol. The maximum atomic E-state index is 13.3. The molecule has 0 aliphatic heterocycles. The number of imidazole rings is 1. The summed E-state index contributed by atoms with van der Waals surface area (Å²) in [7, 11) is 0. The van der Waals surface area contributed by atoms with Crippen LogP contribution in [0.4, 0.5) is 22.0 Å². The number of aromatic nitrogens is 5. The molecular formula is C21H16F5N5O2S. The van der Waals surface area contributed by atoms with Crippen LogP contribution in [0.3, 0.4) is 0 Å². The number of hydrogen-bond acceptors (Lipinski definition) is 7. The van der Waals surface area contributed by atoms with Crippen molar-refractivity contribution < 1.29 is 31.4 Å². The van der Waals surface area contributed by atoms with E-state index in [1.165, 1.54) is 40.9 Å². The molecule has 178 valence electrons. The summed E-state index contributed by atoms with van der Waals surface area (Å²) in [6.45, 7) is 0.0412. The number of halogens is 5. The highest BCUT2D eigenvalue weighted by atomic mass is 32.2. The first-order chi connectivity index (χ1) is 16.2. The molecule has 0 atom stereocenters. The van der Waals surface area contributed by atoms with E-state index in [-0.39, 0.29) is 5.52 Å². The van der Waals surface area contributed by atoms with Crippen LogP contribution >= 0.6 is 11.8 Å². The van der Waals surface area contributed by atoms with Gasteiger partial charge in [-0.3, -0.25) is 4.40 Å². The third-order valence-corrected chi connectivity index (χ3v) is 5.34. The highest BCUT2D eigenvalue weighted by Gasteiger charge is 2.58. The van der Waals surface area contributed by atoms with Gasteiger partial charge < -0.3 is 9.47 Å². The normalized spacial score (nSPS) is 12.2. The van der Waals surface area contributed by atoms with Gasteiger partial charge >= 0.3 is 12.1 Å². The second-order valence-electron chi connectivity index (χ2n) is 6.78. The Morgan fingerprint density at radius 3 is 2.53 bits per heavy atom. The lowest BCUT2D eigenvalue weighted by molar-refractivity contribution is -0.290. The van der Waals surface area contributed by atoms with Gasteiger partial charge in [0.2, 0.25) is 11.8 Å². The van der Waals surface area contributed by atoms with Gasteiger partial charge in [-0.05, 0) is 17.9 Å². The minimum Gasteiger partial charge on any atom is -0.469 e. The Morgan fingerprint density at radius 1 is 1.00 bits per heavy atom. The van der Waals surface area contributed by atoms with Crippen molar-refractivity contribution in [2.24, 2.45) is 0 Å². The molecule has 0 aliphatic carbocycles. The highest BCUT2D eigenvalue weighted by molar-refractivity contribution is 7.99. The lowest BCUT2D eigenvalue weighted by atomic mass is 10.3. The van der Waals surface area contributed by atoms with Gasteiger partial charge in [0.05, 0.1) is 12.4 Å². The minimum absolute atomic E-state index is 0.110. The van der Waals surface area contributed by atoms with E-state index in [0.717, 1.165) is 0 Å². The van der Waals surface area contributed by atoms with Gasteiger partial charge in [0.25, 0.3) is 0 Å². The smallest absolute Gasteiger partial charge is 0.456 e. The molecule has 0 aliphatic rings. The van der Waals surface area contributed by atoms with E-state index < -0.39 is 24.6 Å². The van der Waals surface area contributed by atoms with Gasteiger partial charge in [-0.15, -0.1) is 11.8 Å².